The van der Waals surface area contributed by atoms with Crippen molar-refractivity contribution in [3.05, 3.63) is 88.2 Å². The number of rotatable bonds is 6. The molecule has 3 atom stereocenters. The number of thioether (sulfide) groups is 1. The minimum Gasteiger partial charge on any atom is -0.496 e. The van der Waals surface area contributed by atoms with Gasteiger partial charge in [0.15, 0.2) is 0 Å². The molecule has 3 aromatic rings. The summed E-state index contributed by atoms with van der Waals surface area (Å²) in [4.78, 5) is 26.8. The molecule has 2 heterocycles. The quantitative estimate of drug-likeness (QED) is 0.243. The second kappa shape index (κ2) is 12.5. The number of halogens is 7. The molecular weight excluding hydrogens is 647 g/mol. The van der Waals surface area contributed by atoms with Crippen molar-refractivity contribution in [2.75, 3.05) is 7.11 Å². The number of methoxy groups -OCH3 is 1. The second-order valence-electron chi connectivity index (χ2n) is 12.6. The van der Waals surface area contributed by atoms with E-state index in [4.69, 9.17) is 4.74 Å². The molecule has 250 valence electrons. The van der Waals surface area contributed by atoms with Gasteiger partial charge < -0.3 is 9.64 Å². The van der Waals surface area contributed by atoms with Crippen LogP contribution < -0.4 is 4.74 Å². The van der Waals surface area contributed by atoms with E-state index in [0.29, 0.717) is 29.4 Å². The van der Waals surface area contributed by atoms with E-state index in [9.17, 15) is 40.3 Å². The van der Waals surface area contributed by atoms with Crippen LogP contribution in [0.25, 0.3) is 11.1 Å². The third-order valence-electron chi connectivity index (χ3n) is 9.82. The molecule has 3 fully saturated rings. The first-order valence-electron chi connectivity index (χ1n) is 15.4. The van der Waals surface area contributed by atoms with Crippen molar-refractivity contribution in [2.45, 2.75) is 81.1 Å². The molecule has 47 heavy (non-hydrogen) atoms. The van der Waals surface area contributed by atoms with Gasteiger partial charge in [0.1, 0.15) is 17.3 Å². The van der Waals surface area contributed by atoms with Gasteiger partial charge in [0.2, 0.25) is 0 Å². The number of alkyl halides is 6. The van der Waals surface area contributed by atoms with Crippen molar-refractivity contribution in [1.29, 1.82) is 0 Å². The molecule has 4 nitrogen and oxygen atoms in total. The predicted octanol–water partition coefficient (Wildman–Crippen LogP) is 10.5. The molecule has 3 aromatic carbocycles. The van der Waals surface area contributed by atoms with Crippen molar-refractivity contribution in [3.63, 3.8) is 0 Å². The molecule has 0 N–H and O–H groups in total. The minimum atomic E-state index is -4.80. The summed E-state index contributed by atoms with van der Waals surface area (Å²) in [6.07, 6.45) is -5.82. The largest absolute Gasteiger partial charge is 0.496 e. The van der Waals surface area contributed by atoms with Gasteiger partial charge in [-0.05, 0) is 116 Å². The Kier molecular flexibility index (Phi) is 8.86. The SMILES string of the molecule is COc1ccc(C2CCC(C(C)=O)CC2)cc1-c1ccc(C(F)(F)F)cc1[C@@H]1CC[C@H]2[C@@H](c3cc(F)cc(C(F)(F)F)c3)SC(=O)N12. The fourth-order valence-corrected chi connectivity index (χ4v) is 8.76. The molecular formula is C35H32F7NO3S. The van der Waals surface area contributed by atoms with Crippen molar-refractivity contribution in [2.24, 2.45) is 5.92 Å². The van der Waals surface area contributed by atoms with Crippen LogP contribution in [0.3, 0.4) is 0 Å². The monoisotopic (exact) mass is 679 g/mol. The highest BCUT2D eigenvalue weighted by Crippen LogP contribution is 2.56. The van der Waals surface area contributed by atoms with Gasteiger partial charge in [-0.1, -0.05) is 23.9 Å². The lowest BCUT2D eigenvalue weighted by Crippen LogP contribution is -2.31. The summed E-state index contributed by atoms with van der Waals surface area (Å²) < 4.78 is 103. The molecule has 1 saturated carbocycles. The maximum atomic E-state index is 14.3. The number of benzene rings is 3. The van der Waals surface area contributed by atoms with E-state index in [1.807, 2.05) is 12.1 Å². The number of amides is 1. The van der Waals surface area contributed by atoms with Crippen LogP contribution in [0.1, 0.15) is 90.5 Å². The van der Waals surface area contributed by atoms with E-state index in [1.54, 1.807) is 13.0 Å². The lowest BCUT2D eigenvalue weighted by atomic mass is 9.77. The highest BCUT2D eigenvalue weighted by atomic mass is 32.2. The summed E-state index contributed by atoms with van der Waals surface area (Å²) in [5.74, 6) is -0.320. The van der Waals surface area contributed by atoms with Crippen molar-refractivity contribution < 1.29 is 45.1 Å². The predicted molar refractivity (Wildman–Crippen MR) is 164 cm³/mol. The average molecular weight is 680 g/mol. The number of nitrogens with zero attached hydrogens (tertiary/aromatic N) is 1. The smallest absolute Gasteiger partial charge is 0.416 e. The Morgan fingerprint density at radius 3 is 2.15 bits per heavy atom. The van der Waals surface area contributed by atoms with Crippen LogP contribution in [0.5, 0.6) is 5.75 Å². The highest BCUT2D eigenvalue weighted by Gasteiger charge is 2.50. The molecule has 12 heteroatoms. The van der Waals surface area contributed by atoms with Gasteiger partial charge in [-0.3, -0.25) is 9.59 Å². The zero-order valence-electron chi connectivity index (χ0n) is 25.6. The van der Waals surface area contributed by atoms with Gasteiger partial charge in [-0.2, -0.15) is 26.3 Å². The van der Waals surface area contributed by atoms with E-state index in [1.165, 1.54) is 18.1 Å². The van der Waals surface area contributed by atoms with Crippen LogP contribution in [0.15, 0.2) is 54.6 Å². The van der Waals surface area contributed by atoms with Crippen molar-refractivity contribution in [3.8, 4) is 16.9 Å². The Hall–Kier alpha value is -3.54. The number of Topliss-reactive ketones (excluding diaryl/α,β-unsaturated/α-hetero) is 1. The molecule has 6 rings (SSSR count). The van der Waals surface area contributed by atoms with Crippen LogP contribution in [-0.4, -0.2) is 29.1 Å². The van der Waals surface area contributed by atoms with Gasteiger partial charge >= 0.3 is 12.4 Å². The topological polar surface area (TPSA) is 46.6 Å². The molecule has 3 aliphatic rings. The molecule has 1 aliphatic carbocycles. The molecule has 0 bridgehead atoms. The normalized spacial score (nSPS) is 24.8. The fraction of sp³-hybridized carbons (Fsp3) is 0.429. The van der Waals surface area contributed by atoms with Crippen LogP contribution >= 0.6 is 11.8 Å². The first-order valence-corrected chi connectivity index (χ1v) is 16.3. The Bertz CT molecular complexity index is 1700. The second-order valence-corrected chi connectivity index (χ2v) is 13.7. The molecule has 2 aliphatic heterocycles. The van der Waals surface area contributed by atoms with E-state index in [0.717, 1.165) is 67.3 Å². The first kappa shape index (κ1) is 33.4. The lowest BCUT2D eigenvalue weighted by Gasteiger charge is -2.29. The van der Waals surface area contributed by atoms with Crippen LogP contribution in [0, 0.1) is 11.7 Å². The van der Waals surface area contributed by atoms with Crippen LogP contribution in [-0.2, 0) is 17.1 Å². The molecule has 1 amide bonds. The number of ether oxygens (including phenoxy) is 1. The Balaban J connectivity index is 1.40. The van der Waals surface area contributed by atoms with E-state index < -0.39 is 51.9 Å². The van der Waals surface area contributed by atoms with E-state index in [2.05, 4.69) is 0 Å². The molecule has 0 unspecified atom stereocenters. The number of ketones is 1. The maximum absolute atomic E-state index is 14.3. The van der Waals surface area contributed by atoms with E-state index in [-0.39, 0.29) is 35.2 Å². The van der Waals surface area contributed by atoms with Crippen LogP contribution in [0.4, 0.5) is 35.5 Å². The molecule has 2 saturated heterocycles. The number of fused-ring (bicyclic) bond motifs is 1. The molecule has 0 radical (unpaired) electrons. The maximum Gasteiger partial charge on any atom is 0.416 e. The molecule has 0 aromatic heterocycles. The average Bonchev–Trinajstić information content (AvgIpc) is 3.60. The third kappa shape index (κ3) is 6.49. The van der Waals surface area contributed by atoms with Gasteiger partial charge in [0, 0.05) is 17.5 Å². The van der Waals surface area contributed by atoms with Gasteiger partial charge in [-0.15, -0.1) is 0 Å². The first-order chi connectivity index (χ1) is 22.2. The summed E-state index contributed by atoms with van der Waals surface area (Å²) in [5.41, 5.74) is 0.165. The summed E-state index contributed by atoms with van der Waals surface area (Å²) in [6, 6.07) is 9.78. The number of carbonyl (C=O) groups excluding carboxylic acids is 2. The van der Waals surface area contributed by atoms with Crippen molar-refractivity contribution in [1.82, 2.24) is 4.90 Å². The Morgan fingerprint density at radius 2 is 1.51 bits per heavy atom. The highest BCUT2D eigenvalue weighted by molar-refractivity contribution is 8.14. The minimum absolute atomic E-state index is 0.00181. The summed E-state index contributed by atoms with van der Waals surface area (Å²) >= 11 is 0.762. The lowest BCUT2D eigenvalue weighted by molar-refractivity contribution is -0.138. The number of carbonyl (C=O) groups is 2. The van der Waals surface area contributed by atoms with Crippen molar-refractivity contribution >= 4 is 22.8 Å². The number of hydrogen-bond acceptors (Lipinski definition) is 4. The fourth-order valence-electron chi connectivity index (χ4n) is 7.46. The Labute approximate surface area is 271 Å². The van der Waals surface area contributed by atoms with Crippen LogP contribution in [0.2, 0.25) is 0 Å². The zero-order valence-corrected chi connectivity index (χ0v) is 26.4. The summed E-state index contributed by atoms with van der Waals surface area (Å²) in [5, 5.41) is -1.33. The third-order valence-corrected chi connectivity index (χ3v) is 11.1. The number of hydrogen-bond donors (Lipinski definition) is 0. The van der Waals surface area contributed by atoms with Gasteiger partial charge in [0.25, 0.3) is 5.24 Å². The summed E-state index contributed by atoms with van der Waals surface area (Å²) in [6.45, 7) is 1.60. The Morgan fingerprint density at radius 1 is 0.809 bits per heavy atom. The van der Waals surface area contributed by atoms with Gasteiger partial charge in [0.05, 0.1) is 29.5 Å². The zero-order chi connectivity index (χ0) is 33.8. The van der Waals surface area contributed by atoms with Gasteiger partial charge in [-0.25, -0.2) is 4.39 Å². The summed E-state index contributed by atoms with van der Waals surface area (Å²) in [7, 11) is 1.46. The van der Waals surface area contributed by atoms with E-state index >= 15 is 0 Å². The standard InChI is InChI=1S/C35H32F7NO3S/c1-18(44)19-3-5-20(6-4-19)21-7-12-31(46-2)28(15-21)26-9-8-23(34(37,38)39)17-27(26)29-10-11-30-32(47-33(45)43(29)30)22-13-24(35(40,41)42)16-25(36)14-22/h7-9,12-17,19-20,29-30,32H,3-6,10-11H2,1-2H3/t19?,20?,29-,30-,32+/m0/s1. The molecule has 0 spiro atoms.